The molecule has 2 aromatic heterocycles. The van der Waals surface area contributed by atoms with Crippen LogP contribution in [0.2, 0.25) is 0 Å². The summed E-state index contributed by atoms with van der Waals surface area (Å²) in [5.74, 6) is 1.77. The lowest BCUT2D eigenvalue weighted by atomic mass is 10.1. The van der Waals surface area contributed by atoms with Gasteiger partial charge in [0.15, 0.2) is 5.65 Å². The van der Waals surface area contributed by atoms with E-state index in [0.717, 1.165) is 33.8 Å². The zero-order valence-corrected chi connectivity index (χ0v) is 20.6. The molecule has 3 aromatic rings. The highest BCUT2D eigenvalue weighted by Crippen LogP contribution is 2.24. The van der Waals surface area contributed by atoms with Crippen LogP contribution in [0.5, 0.6) is 0 Å². The summed E-state index contributed by atoms with van der Waals surface area (Å²) in [6, 6.07) is 10.1. The number of aliphatic hydroxyl groups excluding tert-OH is 1. The minimum Gasteiger partial charge on any atom is -0.394 e. The van der Waals surface area contributed by atoms with Gasteiger partial charge < -0.3 is 26.0 Å². The van der Waals surface area contributed by atoms with Crippen LogP contribution in [0.3, 0.4) is 0 Å². The average Bonchev–Trinajstić information content (AvgIpc) is 3.11. The van der Waals surface area contributed by atoms with Gasteiger partial charge >= 0.3 is 0 Å². The number of hydrogen-bond donors (Lipinski definition) is 4. The maximum atomic E-state index is 9.68. The molecule has 2 heterocycles. The number of likely N-dealkylation sites (N-methyl/N-ethyl adjacent to an activating group) is 1. The van der Waals surface area contributed by atoms with Crippen molar-refractivity contribution in [1.29, 1.82) is 0 Å². The topological polar surface area (TPSA) is 89.8 Å². The minimum atomic E-state index is -0.0817. The van der Waals surface area contributed by atoms with Crippen LogP contribution in [-0.4, -0.2) is 57.9 Å². The van der Waals surface area contributed by atoms with E-state index in [9.17, 15) is 5.11 Å². The third-order valence-electron chi connectivity index (χ3n) is 5.02. The highest BCUT2D eigenvalue weighted by atomic mass is 79.9. The molecule has 172 valence electrons. The highest BCUT2D eigenvalue weighted by Gasteiger charge is 2.15. The van der Waals surface area contributed by atoms with Gasteiger partial charge in [0.25, 0.3) is 0 Å². The number of anilines is 3. The van der Waals surface area contributed by atoms with Crippen LogP contribution in [0.4, 0.5) is 17.3 Å². The highest BCUT2D eigenvalue weighted by molar-refractivity contribution is 9.10. The number of halogens is 1. The van der Waals surface area contributed by atoms with E-state index in [0.29, 0.717) is 18.0 Å². The number of nitrogens with one attached hydrogen (secondary N) is 3. The van der Waals surface area contributed by atoms with Gasteiger partial charge in [-0.15, -0.1) is 0 Å². The van der Waals surface area contributed by atoms with Crippen LogP contribution in [0.25, 0.3) is 5.65 Å². The second kappa shape index (κ2) is 10.8. The van der Waals surface area contributed by atoms with Crippen LogP contribution < -0.4 is 16.0 Å². The van der Waals surface area contributed by atoms with Gasteiger partial charge in [-0.25, -0.2) is 4.98 Å². The first-order valence-corrected chi connectivity index (χ1v) is 11.4. The molecule has 4 N–H and O–H groups in total. The van der Waals surface area contributed by atoms with Gasteiger partial charge in [-0.3, -0.25) is 0 Å². The molecule has 0 aliphatic carbocycles. The fourth-order valence-electron chi connectivity index (χ4n) is 3.27. The lowest BCUT2D eigenvalue weighted by Crippen LogP contribution is -2.30. The molecule has 0 fully saturated rings. The minimum absolute atomic E-state index is 0.0368. The Morgan fingerprint density at radius 3 is 2.59 bits per heavy atom. The van der Waals surface area contributed by atoms with Crippen LogP contribution in [-0.2, 0) is 6.54 Å². The van der Waals surface area contributed by atoms with Gasteiger partial charge in [-0.1, -0.05) is 32.6 Å². The molecule has 9 heteroatoms. The number of aliphatic hydroxyl groups is 1. The Hall–Kier alpha value is -2.62. The summed E-state index contributed by atoms with van der Waals surface area (Å²) < 4.78 is 2.57. The van der Waals surface area contributed by atoms with Crippen molar-refractivity contribution in [3.63, 3.8) is 0 Å². The van der Waals surface area contributed by atoms with E-state index in [1.807, 2.05) is 32.3 Å². The summed E-state index contributed by atoms with van der Waals surface area (Å²) >= 11 is 3.52. The molecule has 0 saturated carbocycles. The Balaban J connectivity index is 1.73. The van der Waals surface area contributed by atoms with E-state index in [-0.39, 0.29) is 18.6 Å². The quantitative estimate of drug-likeness (QED) is 0.315. The standard InChI is InChI=1S/C23H32BrN7O/c1-15(2)20(14-32)28-21-10-22(31-23(29-21)19(24)12-26-31)25-11-17-6-8-18(9-7-17)27-16(3)13-30(4)5/h6-10,12,15,20,25,27,32H,3,11,13-14H2,1-2,4-5H3,(H,28,29)/t20-/m1/s1. The fourth-order valence-corrected chi connectivity index (χ4v) is 3.62. The molecule has 3 rings (SSSR count). The van der Waals surface area contributed by atoms with E-state index in [4.69, 9.17) is 0 Å². The molecular weight excluding hydrogens is 470 g/mol. The molecular formula is C23H32BrN7O. The number of benzene rings is 1. The maximum Gasteiger partial charge on any atom is 0.173 e. The zero-order valence-electron chi connectivity index (χ0n) is 19.1. The van der Waals surface area contributed by atoms with Crippen molar-refractivity contribution >= 4 is 38.9 Å². The summed E-state index contributed by atoms with van der Waals surface area (Å²) in [6.07, 6.45) is 1.73. The van der Waals surface area contributed by atoms with Crippen LogP contribution in [0.1, 0.15) is 19.4 Å². The molecule has 8 nitrogen and oxygen atoms in total. The summed E-state index contributed by atoms with van der Waals surface area (Å²) in [4.78, 5) is 6.72. The number of aromatic nitrogens is 3. The lowest BCUT2D eigenvalue weighted by Gasteiger charge is -2.21. The fraction of sp³-hybridized carbons (Fsp3) is 0.391. The third-order valence-corrected chi connectivity index (χ3v) is 5.58. The summed E-state index contributed by atoms with van der Waals surface area (Å²) in [6.45, 7) is 9.63. The molecule has 0 spiro atoms. The SMILES string of the molecule is C=C(CN(C)C)Nc1ccc(CNc2cc(N[C@H](CO)C(C)C)nc3c(Br)cnn23)cc1. The van der Waals surface area contributed by atoms with Gasteiger partial charge in [0.2, 0.25) is 0 Å². The predicted octanol–water partition coefficient (Wildman–Crippen LogP) is 4.02. The summed E-state index contributed by atoms with van der Waals surface area (Å²) in [5.41, 5.74) is 3.80. The Labute approximate surface area is 197 Å². The van der Waals surface area contributed by atoms with Crippen molar-refractivity contribution in [2.75, 3.05) is 43.2 Å². The van der Waals surface area contributed by atoms with Gasteiger partial charge in [-0.2, -0.15) is 9.61 Å². The Kier molecular flexibility index (Phi) is 8.11. The second-order valence-corrected chi connectivity index (χ2v) is 9.30. The van der Waals surface area contributed by atoms with Crippen molar-refractivity contribution in [1.82, 2.24) is 19.5 Å². The third kappa shape index (κ3) is 6.21. The summed E-state index contributed by atoms with van der Waals surface area (Å²) in [7, 11) is 4.03. The number of nitrogens with zero attached hydrogens (tertiary/aromatic N) is 4. The first kappa shape index (κ1) is 24.0. The molecule has 1 aromatic carbocycles. The van der Waals surface area contributed by atoms with Crippen molar-refractivity contribution in [3.05, 3.63) is 58.8 Å². The van der Waals surface area contributed by atoms with Crippen molar-refractivity contribution < 1.29 is 5.11 Å². The van der Waals surface area contributed by atoms with E-state index in [2.05, 4.69) is 79.4 Å². The number of rotatable bonds is 11. The number of fused-ring (bicyclic) bond motifs is 1. The van der Waals surface area contributed by atoms with E-state index in [1.165, 1.54) is 0 Å². The average molecular weight is 502 g/mol. The van der Waals surface area contributed by atoms with Gasteiger partial charge in [0.1, 0.15) is 11.6 Å². The molecule has 0 aliphatic heterocycles. The Bertz CT molecular complexity index is 1050. The van der Waals surface area contributed by atoms with Gasteiger partial charge in [0.05, 0.1) is 23.3 Å². The molecule has 0 radical (unpaired) electrons. The largest absolute Gasteiger partial charge is 0.394 e. The van der Waals surface area contributed by atoms with Crippen molar-refractivity contribution in [2.45, 2.75) is 26.4 Å². The Morgan fingerprint density at radius 2 is 1.97 bits per heavy atom. The number of hydrogen-bond acceptors (Lipinski definition) is 7. The second-order valence-electron chi connectivity index (χ2n) is 8.45. The smallest absolute Gasteiger partial charge is 0.173 e. The van der Waals surface area contributed by atoms with E-state index < -0.39 is 0 Å². The normalized spacial score (nSPS) is 12.4. The van der Waals surface area contributed by atoms with Crippen LogP contribution >= 0.6 is 15.9 Å². The van der Waals surface area contributed by atoms with E-state index in [1.54, 1.807) is 10.7 Å². The lowest BCUT2D eigenvalue weighted by molar-refractivity contribution is 0.249. The zero-order chi connectivity index (χ0) is 23.3. The molecule has 0 amide bonds. The van der Waals surface area contributed by atoms with Crippen molar-refractivity contribution in [2.24, 2.45) is 5.92 Å². The molecule has 32 heavy (non-hydrogen) atoms. The van der Waals surface area contributed by atoms with Crippen LogP contribution in [0, 0.1) is 5.92 Å². The molecule has 0 saturated heterocycles. The first-order valence-electron chi connectivity index (χ1n) is 10.6. The monoisotopic (exact) mass is 501 g/mol. The first-order chi connectivity index (χ1) is 15.3. The van der Waals surface area contributed by atoms with Crippen molar-refractivity contribution in [3.8, 4) is 0 Å². The Morgan fingerprint density at radius 1 is 1.25 bits per heavy atom. The van der Waals surface area contributed by atoms with Crippen LogP contribution in [0.15, 0.2) is 53.3 Å². The molecule has 0 aliphatic rings. The molecule has 1 atom stereocenters. The van der Waals surface area contributed by atoms with E-state index >= 15 is 0 Å². The predicted molar refractivity (Wildman–Crippen MR) is 135 cm³/mol. The van der Waals surface area contributed by atoms with Gasteiger partial charge in [0, 0.05) is 30.5 Å². The summed E-state index contributed by atoms with van der Waals surface area (Å²) in [5, 5.41) is 24.2. The maximum absolute atomic E-state index is 9.68. The van der Waals surface area contributed by atoms with Gasteiger partial charge in [-0.05, 0) is 53.6 Å². The molecule has 0 bridgehead atoms. The molecule has 0 unspecified atom stereocenters.